The van der Waals surface area contributed by atoms with E-state index < -0.39 is 0 Å². The first-order chi connectivity index (χ1) is 12.3. The maximum absolute atomic E-state index is 12.6. The molecule has 5 nitrogen and oxygen atoms in total. The molecule has 1 fully saturated rings. The van der Waals surface area contributed by atoms with Gasteiger partial charge in [-0.3, -0.25) is 9.69 Å². The number of carbonyl (C=O) groups is 1. The lowest BCUT2D eigenvalue weighted by Gasteiger charge is -2.33. The van der Waals surface area contributed by atoms with Gasteiger partial charge in [0.2, 0.25) is 5.91 Å². The average Bonchev–Trinajstić information content (AvgIpc) is 2.61. The normalized spacial score (nSPS) is 16.1. The van der Waals surface area contributed by atoms with E-state index in [1.54, 1.807) is 0 Å². The van der Waals surface area contributed by atoms with E-state index in [0.29, 0.717) is 13.1 Å². The Hall–Kier alpha value is -1.59. The molecule has 1 aliphatic heterocycles. The van der Waals surface area contributed by atoms with Crippen molar-refractivity contribution in [3.05, 3.63) is 29.8 Å². The smallest absolute Gasteiger partial charge is 0.236 e. The molecule has 1 heterocycles. The summed E-state index contributed by atoms with van der Waals surface area (Å²) >= 11 is 0. The molecular formula is C21H36N4O. The van der Waals surface area contributed by atoms with Crippen molar-refractivity contribution in [3.63, 3.8) is 0 Å². The fourth-order valence-corrected chi connectivity index (χ4v) is 3.45. The summed E-state index contributed by atoms with van der Waals surface area (Å²) in [4.78, 5) is 21.1. The van der Waals surface area contributed by atoms with Crippen LogP contribution in [0, 0.1) is 5.92 Å². The van der Waals surface area contributed by atoms with Crippen LogP contribution in [0.3, 0.4) is 0 Å². The number of rotatable bonds is 8. The first kappa shape index (κ1) is 20.7. The number of hydrogen-bond donors (Lipinski definition) is 0. The second-order valence-electron chi connectivity index (χ2n) is 8.12. The SMILES string of the molecule is CN(C)CCC1CCN(CC(=O)N(C)Cc2ccc(N(C)C)cc2)CC1. The Morgan fingerprint density at radius 3 is 2.19 bits per heavy atom. The minimum absolute atomic E-state index is 0.216. The van der Waals surface area contributed by atoms with Crippen molar-refractivity contribution in [1.82, 2.24) is 14.7 Å². The van der Waals surface area contributed by atoms with E-state index in [1.807, 2.05) is 26.0 Å². The predicted octanol–water partition coefficient (Wildman–Crippen LogP) is 2.37. The Kier molecular flexibility index (Phi) is 7.91. The zero-order valence-corrected chi connectivity index (χ0v) is 17.2. The molecule has 1 aromatic rings. The van der Waals surface area contributed by atoms with Crippen molar-refractivity contribution in [2.45, 2.75) is 25.8 Å². The number of carbonyl (C=O) groups excluding carboxylic acids is 1. The van der Waals surface area contributed by atoms with Crippen molar-refractivity contribution in [1.29, 1.82) is 0 Å². The monoisotopic (exact) mass is 360 g/mol. The van der Waals surface area contributed by atoms with E-state index in [1.165, 1.54) is 37.1 Å². The summed E-state index contributed by atoms with van der Waals surface area (Å²) in [5.74, 6) is 1.03. The van der Waals surface area contributed by atoms with Gasteiger partial charge in [-0.05, 0) is 76.6 Å². The highest BCUT2D eigenvalue weighted by atomic mass is 16.2. The molecule has 0 aromatic heterocycles. The Morgan fingerprint density at radius 2 is 1.65 bits per heavy atom. The molecule has 1 saturated heterocycles. The van der Waals surface area contributed by atoms with Crippen molar-refractivity contribution in [2.75, 3.05) is 66.3 Å². The first-order valence-electron chi connectivity index (χ1n) is 9.72. The number of nitrogens with zero attached hydrogens (tertiary/aromatic N) is 4. The standard InChI is InChI=1S/C21H36N4O/c1-22(2)13-10-18-11-14-25(15-12-18)17-21(26)24(5)16-19-6-8-20(9-7-19)23(3)4/h6-9,18H,10-17H2,1-5H3. The van der Waals surface area contributed by atoms with Crippen LogP contribution in [0.25, 0.3) is 0 Å². The maximum Gasteiger partial charge on any atom is 0.236 e. The van der Waals surface area contributed by atoms with Crippen LogP contribution >= 0.6 is 0 Å². The van der Waals surface area contributed by atoms with E-state index in [0.717, 1.165) is 19.0 Å². The molecule has 0 radical (unpaired) electrons. The summed E-state index contributed by atoms with van der Waals surface area (Å²) in [6.07, 6.45) is 3.71. The molecule has 146 valence electrons. The van der Waals surface area contributed by atoms with Crippen LogP contribution in [0.5, 0.6) is 0 Å². The van der Waals surface area contributed by atoms with Crippen LogP contribution in [0.1, 0.15) is 24.8 Å². The van der Waals surface area contributed by atoms with Crippen LogP contribution < -0.4 is 4.90 Å². The molecule has 1 aromatic carbocycles. The number of benzene rings is 1. The lowest BCUT2D eigenvalue weighted by Crippen LogP contribution is -2.42. The average molecular weight is 361 g/mol. The molecule has 0 saturated carbocycles. The fraction of sp³-hybridized carbons (Fsp3) is 0.667. The number of likely N-dealkylation sites (N-methyl/N-ethyl adjacent to an activating group) is 1. The quantitative estimate of drug-likeness (QED) is 0.712. The van der Waals surface area contributed by atoms with Crippen LogP contribution in [0.15, 0.2) is 24.3 Å². The van der Waals surface area contributed by atoms with Gasteiger partial charge in [0.1, 0.15) is 0 Å². The summed E-state index contributed by atoms with van der Waals surface area (Å²) in [5.41, 5.74) is 2.36. The van der Waals surface area contributed by atoms with Gasteiger partial charge in [-0.25, -0.2) is 0 Å². The van der Waals surface area contributed by atoms with Crippen molar-refractivity contribution < 1.29 is 4.79 Å². The lowest BCUT2D eigenvalue weighted by atomic mass is 9.93. The number of hydrogen-bond acceptors (Lipinski definition) is 4. The van der Waals surface area contributed by atoms with Crippen LogP contribution in [-0.2, 0) is 11.3 Å². The van der Waals surface area contributed by atoms with Crippen molar-refractivity contribution in [2.24, 2.45) is 5.92 Å². The molecule has 0 atom stereocenters. The largest absolute Gasteiger partial charge is 0.378 e. The lowest BCUT2D eigenvalue weighted by molar-refractivity contribution is -0.132. The third-order valence-electron chi connectivity index (χ3n) is 5.35. The number of piperidine rings is 1. The number of anilines is 1. The maximum atomic E-state index is 12.6. The van der Waals surface area contributed by atoms with Gasteiger partial charge in [0.15, 0.2) is 0 Å². The predicted molar refractivity (Wildman–Crippen MR) is 110 cm³/mol. The van der Waals surface area contributed by atoms with Gasteiger partial charge in [-0.2, -0.15) is 0 Å². The van der Waals surface area contributed by atoms with E-state index in [2.05, 4.69) is 53.1 Å². The molecule has 0 unspecified atom stereocenters. The molecule has 0 N–H and O–H groups in total. The van der Waals surface area contributed by atoms with Gasteiger partial charge >= 0.3 is 0 Å². The van der Waals surface area contributed by atoms with Gasteiger partial charge < -0.3 is 14.7 Å². The summed E-state index contributed by atoms with van der Waals surface area (Å²) in [7, 11) is 10.3. The van der Waals surface area contributed by atoms with E-state index in [9.17, 15) is 4.79 Å². The van der Waals surface area contributed by atoms with Gasteiger partial charge in [-0.1, -0.05) is 12.1 Å². The van der Waals surface area contributed by atoms with Crippen molar-refractivity contribution in [3.8, 4) is 0 Å². The second kappa shape index (κ2) is 9.93. The highest BCUT2D eigenvalue weighted by molar-refractivity contribution is 5.78. The third kappa shape index (κ3) is 6.61. The summed E-state index contributed by atoms with van der Waals surface area (Å²) < 4.78 is 0. The van der Waals surface area contributed by atoms with Crippen LogP contribution in [0.4, 0.5) is 5.69 Å². The Morgan fingerprint density at radius 1 is 1.04 bits per heavy atom. The highest BCUT2D eigenvalue weighted by Gasteiger charge is 2.22. The number of likely N-dealkylation sites (tertiary alicyclic amines) is 1. The van der Waals surface area contributed by atoms with Gasteiger partial charge in [0.05, 0.1) is 6.54 Å². The molecule has 0 aliphatic carbocycles. The molecule has 5 heteroatoms. The molecule has 26 heavy (non-hydrogen) atoms. The van der Waals surface area contributed by atoms with Gasteiger partial charge in [0.25, 0.3) is 0 Å². The van der Waals surface area contributed by atoms with Crippen LogP contribution in [0.2, 0.25) is 0 Å². The Balaban J connectivity index is 1.73. The van der Waals surface area contributed by atoms with E-state index in [-0.39, 0.29) is 5.91 Å². The molecule has 1 aliphatic rings. The van der Waals surface area contributed by atoms with Crippen molar-refractivity contribution >= 4 is 11.6 Å². The molecule has 0 spiro atoms. The summed E-state index contributed by atoms with van der Waals surface area (Å²) in [6.45, 7) is 4.49. The minimum Gasteiger partial charge on any atom is -0.378 e. The van der Waals surface area contributed by atoms with Gasteiger partial charge in [0, 0.05) is 33.4 Å². The minimum atomic E-state index is 0.216. The molecular weight excluding hydrogens is 324 g/mol. The molecule has 1 amide bonds. The first-order valence-corrected chi connectivity index (χ1v) is 9.72. The fourth-order valence-electron chi connectivity index (χ4n) is 3.45. The molecule has 0 bridgehead atoms. The zero-order valence-electron chi connectivity index (χ0n) is 17.2. The highest BCUT2D eigenvalue weighted by Crippen LogP contribution is 2.20. The van der Waals surface area contributed by atoms with Crippen LogP contribution in [-0.4, -0.2) is 82.0 Å². The number of amides is 1. The summed E-state index contributed by atoms with van der Waals surface area (Å²) in [5, 5.41) is 0. The zero-order chi connectivity index (χ0) is 19.1. The van der Waals surface area contributed by atoms with Gasteiger partial charge in [-0.15, -0.1) is 0 Å². The topological polar surface area (TPSA) is 30.0 Å². The Bertz CT molecular complexity index is 548. The Labute approximate surface area is 159 Å². The van der Waals surface area contributed by atoms with E-state index >= 15 is 0 Å². The molecule has 2 rings (SSSR count). The summed E-state index contributed by atoms with van der Waals surface area (Å²) in [6, 6.07) is 8.42. The van der Waals surface area contributed by atoms with E-state index in [4.69, 9.17) is 0 Å². The second-order valence-corrected chi connectivity index (χ2v) is 8.12. The third-order valence-corrected chi connectivity index (χ3v) is 5.35.